The second kappa shape index (κ2) is 4.85. The summed E-state index contributed by atoms with van der Waals surface area (Å²) >= 11 is 1.22. The van der Waals surface area contributed by atoms with E-state index in [0.29, 0.717) is 21.8 Å². The van der Waals surface area contributed by atoms with Crippen molar-refractivity contribution in [2.45, 2.75) is 13.0 Å². The molecular weight excluding hydrogens is 236 g/mol. The van der Waals surface area contributed by atoms with Gasteiger partial charge in [0.15, 0.2) is 11.6 Å². The predicted molar refractivity (Wildman–Crippen MR) is 67.3 cm³/mol. The van der Waals surface area contributed by atoms with Gasteiger partial charge in [-0.25, -0.2) is 0 Å². The minimum atomic E-state index is -0.499. The first kappa shape index (κ1) is 12.1. The van der Waals surface area contributed by atoms with E-state index in [9.17, 15) is 14.7 Å². The van der Waals surface area contributed by atoms with Crippen LogP contribution in [0.1, 0.15) is 27.6 Å². The molecule has 1 atom stereocenters. The van der Waals surface area contributed by atoms with Crippen molar-refractivity contribution in [3.05, 3.63) is 46.4 Å². The monoisotopic (exact) mass is 248 g/mol. The molecule has 17 heavy (non-hydrogen) atoms. The molecule has 1 unspecified atom stereocenters. The molecule has 0 spiro atoms. The number of hydrogen-bond donors (Lipinski definition) is 1. The third-order valence-corrected chi connectivity index (χ3v) is 3.67. The number of aliphatic hydroxyl groups excluding tert-OH is 1. The molecule has 0 bridgehead atoms. The van der Waals surface area contributed by atoms with Gasteiger partial charge < -0.3 is 5.11 Å². The van der Waals surface area contributed by atoms with E-state index in [0.717, 1.165) is 0 Å². The number of fused-ring (bicyclic) bond motifs is 1. The van der Waals surface area contributed by atoms with E-state index in [1.807, 2.05) is 0 Å². The zero-order valence-corrected chi connectivity index (χ0v) is 10.2. The van der Waals surface area contributed by atoms with Crippen LogP contribution in [-0.4, -0.2) is 28.5 Å². The number of carbonyl (C=O) groups excluding carboxylic acids is 2. The van der Waals surface area contributed by atoms with Crippen LogP contribution in [0.25, 0.3) is 0 Å². The maximum Gasteiger partial charge on any atom is 0.200 e. The highest BCUT2D eigenvalue weighted by Gasteiger charge is 2.25. The molecule has 4 heteroatoms. The molecule has 3 nitrogen and oxygen atoms in total. The van der Waals surface area contributed by atoms with Gasteiger partial charge in [-0.1, -0.05) is 24.3 Å². The fourth-order valence-corrected chi connectivity index (χ4v) is 2.46. The van der Waals surface area contributed by atoms with E-state index in [-0.39, 0.29) is 11.6 Å². The number of thioether (sulfide) groups is 1. The Hall–Kier alpha value is -1.39. The van der Waals surface area contributed by atoms with Crippen molar-refractivity contribution in [2.24, 2.45) is 0 Å². The van der Waals surface area contributed by atoms with E-state index >= 15 is 0 Å². The summed E-state index contributed by atoms with van der Waals surface area (Å²) in [5, 5.41) is 9.19. The summed E-state index contributed by atoms with van der Waals surface area (Å²) in [6.07, 6.45) is 0.860. The average Bonchev–Trinajstić information content (AvgIpc) is 2.32. The van der Waals surface area contributed by atoms with Gasteiger partial charge in [-0.05, 0) is 6.92 Å². The Kier molecular flexibility index (Phi) is 3.45. The van der Waals surface area contributed by atoms with Crippen LogP contribution in [0.15, 0.2) is 35.2 Å². The summed E-state index contributed by atoms with van der Waals surface area (Å²) in [5.41, 5.74) is 0.909. The highest BCUT2D eigenvalue weighted by Crippen LogP contribution is 2.28. The zero-order chi connectivity index (χ0) is 12.4. The summed E-state index contributed by atoms with van der Waals surface area (Å²) in [4.78, 5) is 24.2. The lowest BCUT2D eigenvalue weighted by Gasteiger charge is -2.14. The number of allylic oxidation sites excluding steroid dienone is 2. The largest absolute Gasteiger partial charge is 0.393 e. The van der Waals surface area contributed by atoms with Gasteiger partial charge in [0.1, 0.15) is 0 Å². The van der Waals surface area contributed by atoms with E-state index in [1.54, 1.807) is 31.2 Å². The van der Waals surface area contributed by atoms with Crippen LogP contribution in [0.4, 0.5) is 0 Å². The first-order valence-electron chi connectivity index (χ1n) is 5.30. The van der Waals surface area contributed by atoms with Crippen molar-refractivity contribution in [2.75, 3.05) is 5.75 Å². The Balaban J connectivity index is 2.29. The molecule has 0 radical (unpaired) electrons. The maximum atomic E-state index is 12.1. The molecule has 0 aliphatic heterocycles. The van der Waals surface area contributed by atoms with Gasteiger partial charge >= 0.3 is 0 Å². The van der Waals surface area contributed by atoms with Crippen molar-refractivity contribution in [1.29, 1.82) is 0 Å². The molecule has 1 aromatic rings. The second-order valence-corrected chi connectivity index (χ2v) is 4.97. The summed E-state index contributed by atoms with van der Waals surface area (Å²) in [7, 11) is 0. The Morgan fingerprint density at radius 3 is 2.53 bits per heavy atom. The summed E-state index contributed by atoms with van der Waals surface area (Å²) in [6.45, 7) is 1.65. The summed E-state index contributed by atoms with van der Waals surface area (Å²) in [5.74, 6) is 0.131. The average molecular weight is 248 g/mol. The van der Waals surface area contributed by atoms with Gasteiger partial charge in [-0.2, -0.15) is 0 Å². The molecule has 0 saturated heterocycles. The van der Waals surface area contributed by atoms with Crippen LogP contribution in [0.5, 0.6) is 0 Å². The van der Waals surface area contributed by atoms with Crippen LogP contribution >= 0.6 is 11.8 Å². The first-order valence-corrected chi connectivity index (χ1v) is 6.29. The normalized spacial score (nSPS) is 16.5. The van der Waals surface area contributed by atoms with Crippen molar-refractivity contribution >= 4 is 23.3 Å². The highest BCUT2D eigenvalue weighted by molar-refractivity contribution is 8.04. The van der Waals surface area contributed by atoms with Crippen LogP contribution in [0.2, 0.25) is 0 Å². The maximum absolute atomic E-state index is 12.1. The quantitative estimate of drug-likeness (QED) is 0.889. The standard InChI is InChI=1S/C13H12O3S/c1-8(14)7-17-12-6-11(15)9-4-2-3-5-10(9)13(12)16/h2-6,8,14H,7H2,1H3. The number of benzene rings is 1. The highest BCUT2D eigenvalue weighted by atomic mass is 32.2. The third kappa shape index (κ3) is 2.48. The minimum absolute atomic E-state index is 0.133. The lowest BCUT2D eigenvalue weighted by molar-refractivity contribution is 0.0991. The molecule has 0 amide bonds. The van der Waals surface area contributed by atoms with Gasteiger partial charge in [-0.3, -0.25) is 9.59 Å². The number of ketones is 2. The second-order valence-electron chi connectivity index (χ2n) is 3.91. The number of hydrogen-bond acceptors (Lipinski definition) is 4. The summed E-state index contributed by atoms with van der Waals surface area (Å²) in [6, 6.07) is 6.80. The van der Waals surface area contributed by atoms with Crippen molar-refractivity contribution in [3.63, 3.8) is 0 Å². The van der Waals surface area contributed by atoms with Gasteiger partial charge in [0, 0.05) is 23.0 Å². The fourth-order valence-electron chi connectivity index (χ4n) is 1.61. The Bertz CT molecular complexity index is 503. The molecular formula is C13H12O3S. The van der Waals surface area contributed by atoms with Crippen LogP contribution in [0.3, 0.4) is 0 Å². The molecule has 0 aromatic heterocycles. The summed E-state index contributed by atoms with van der Waals surface area (Å²) < 4.78 is 0. The van der Waals surface area contributed by atoms with Crippen molar-refractivity contribution < 1.29 is 14.7 Å². The lowest BCUT2D eigenvalue weighted by Crippen LogP contribution is -2.16. The molecule has 2 rings (SSSR count). The van der Waals surface area contributed by atoms with Gasteiger partial charge in [-0.15, -0.1) is 11.8 Å². The Morgan fingerprint density at radius 2 is 1.88 bits per heavy atom. The smallest absolute Gasteiger partial charge is 0.200 e. The third-order valence-electron chi connectivity index (χ3n) is 2.40. The van der Waals surface area contributed by atoms with E-state index < -0.39 is 6.10 Å². The first-order chi connectivity index (χ1) is 8.09. The van der Waals surface area contributed by atoms with Crippen molar-refractivity contribution in [3.8, 4) is 0 Å². The number of aliphatic hydroxyl groups is 1. The Morgan fingerprint density at radius 1 is 1.24 bits per heavy atom. The fraction of sp³-hybridized carbons (Fsp3) is 0.231. The van der Waals surface area contributed by atoms with E-state index in [2.05, 4.69) is 0 Å². The lowest BCUT2D eigenvalue weighted by atomic mass is 9.95. The van der Waals surface area contributed by atoms with Crippen molar-refractivity contribution in [1.82, 2.24) is 0 Å². The van der Waals surface area contributed by atoms with Gasteiger partial charge in [0.25, 0.3) is 0 Å². The topological polar surface area (TPSA) is 54.4 Å². The molecule has 88 valence electrons. The minimum Gasteiger partial charge on any atom is -0.393 e. The van der Waals surface area contributed by atoms with Gasteiger partial charge in [0.05, 0.1) is 11.0 Å². The zero-order valence-electron chi connectivity index (χ0n) is 9.34. The van der Waals surface area contributed by atoms with Crippen LogP contribution in [0, 0.1) is 0 Å². The number of Topliss-reactive ketones (excluding diaryl/α,β-unsaturated/α-hetero) is 1. The number of rotatable bonds is 3. The SMILES string of the molecule is CC(O)CSC1=CC(=O)c2ccccc2C1=O. The van der Waals surface area contributed by atoms with E-state index in [4.69, 9.17) is 0 Å². The Labute approximate surface area is 104 Å². The molecule has 0 saturated carbocycles. The van der Waals surface area contributed by atoms with Crippen LogP contribution in [-0.2, 0) is 0 Å². The molecule has 0 fully saturated rings. The number of carbonyl (C=O) groups is 2. The molecule has 1 N–H and O–H groups in total. The molecule has 0 heterocycles. The molecule has 1 aliphatic carbocycles. The van der Waals surface area contributed by atoms with E-state index in [1.165, 1.54) is 17.8 Å². The molecule has 1 aromatic carbocycles. The van der Waals surface area contributed by atoms with Gasteiger partial charge in [0.2, 0.25) is 0 Å². The predicted octanol–water partition coefficient (Wildman–Crippen LogP) is 2.06. The van der Waals surface area contributed by atoms with Crippen LogP contribution < -0.4 is 0 Å². The molecule has 1 aliphatic rings.